The predicted molar refractivity (Wildman–Crippen MR) is 86.2 cm³/mol. The smallest absolute Gasteiger partial charge is 0.316 e. The van der Waals surface area contributed by atoms with Gasteiger partial charge in [-0.25, -0.2) is 15.0 Å². The van der Waals surface area contributed by atoms with E-state index in [0.717, 1.165) is 31.0 Å². The Morgan fingerprint density at radius 2 is 2.12 bits per heavy atom. The zero-order valence-electron chi connectivity index (χ0n) is 13.5. The topological polar surface area (TPSA) is 69.2 Å². The summed E-state index contributed by atoms with van der Waals surface area (Å²) in [6.45, 7) is 2.03. The minimum atomic E-state index is 0.210. The second kappa shape index (κ2) is 6.45. The molecule has 0 aromatic carbocycles. The Labute approximate surface area is 139 Å². The third-order valence-electron chi connectivity index (χ3n) is 4.33. The first kappa shape index (κ1) is 14.9. The number of ether oxygens (including phenoxy) is 1. The van der Waals surface area contributed by atoms with Crippen LogP contribution >= 0.6 is 0 Å². The lowest BCUT2D eigenvalue weighted by atomic mass is 10.0. The van der Waals surface area contributed by atoms with Crippen LogP contribution in [-0.4, -0.2) is 37.1 Å². The highest BCUT2D eigenvalue weighted by molar-refractivity contribution is 5.18. The van der Waals surface area contributed by atoms with Crippen LogP contribution in [0.3, 0.4) is 0 Å². The van der Waals surface area contributed by atoms with Crippen molar-refractivity contribution in [1.82, 2.24) is 24.4 Å². The Morgan fingerprint density at radius 1 is 1.25 bits per heavy atom. The van der Waals surface area contributed by atoms with Gasteiger partial charge in [0.1, 0.15) is 12.4 Å². The maximum absolute atomic E-state index is 5.80. The highest BCUT2D eigenvalue weighted by Gasteiger charge is 2.30. The number of nitrogens with zero attached hydrogens (tertiary/aromatic N) is 5. The van der Waals surface area contributed by atoms with Crippen molar-refractivity contribution in [3.63, 3.8) is 0 Å². The van der Waals surface area contributed by atoms with Crippen LogP contribution in [0.25, 0.3) is 0 Å². The lowest BCUT2D eigenvalue weighted by molar-refractivity contribution is 0.0955. The van der Waals surface area contributed by atoms with Crippen molar-refractivity contribution in [3.05, 3.63) is 60.3 Å². The standard InChI is InChI=1S/C17H19N5O2/c1-21-12-20-15-10-22(9-14-4-2-7-23-14)13(8-16(15)21)11-24-17-18-5-3-6-19-17/h2-7,12-13H,8-11H2,1H3/t13-/m0/s1. The largest absolute Gasteiger partial charge is 0.468 e. The quantitative estimate of drug-likeness (QED) is 0.712. The molecule has 7 nitrogen and oxygen atoms in total. The van der Waals surface area contributed by atoms with Gasteiger partial charge in [0.05, 0.1) is 30.9 Å². The molecule has 0 aliphatic carbocycles. The third kappa shape index (κ3) is 3.03. The van der Waals surface area contributed by atoms with Crippen LogP contribution in [0.2, 0.25) is 0 Å². The summed E-state index contributed by atoms with van der Waals surface area (Å²) in [7, 11) is 2.03. The predicted octanol–water partition coefficient (Wildman–Crippen LogP) is 1.81. The van der Waals surface area contributed by atoms with E-state index in [4.69, 9.17) is 9.15 Å². The van der Waals surface area contributed by atoms with Crippen molar-refractivity contribution >= 4 is 0 Å². The van der Waals surface area contributed by atoms with Crippen molar-refractivity contribution in [2.24, 2.45) is 7.05 Å². The molecular weight excluding hydrogens is 306 g/mol. The van der Waals surface area contributed by atoms with E-state index in [1.807, 2.05) is 25.5 Å². The second-order valence-corrected chi connectivity index (χ2v) is 5.93. The van der Waals surface area contributed by atoms with Gasteiger partial charge in [0, 0.05) is 38.1 Å². The van der Waals surface area contributed by atoms with Crippen molar-refractivity contribution in [1.29, 1.82) is 0 Å². The molecule has 7 heteroatoms. The van der Waals surface area contributed by atoms with E-state index < -0.39 is 0 Å². The molecule has 0 saturated heterocycles. The van der Waals surface area contributed by atoms with Crippen molar-refractivity contribution in [3.8, 4) is 6.01 Å². The Hall–Kier alpha value is -2.67. The van der Waals surface area contributed by atoms with Crippen LogP contribution in [-0.2, 0) is 26.6 Å². The average molecular weight is 325 g/mol. The molecule has 1 aliphatic rings. The minimum absolute atomic E-state index is 0.210. The van der Waals surface area contributed by atoms with E-state index in [1.54, 1.807) is 24.7 Å². The normalized spacial score (nSPS) is 17.6. The fourth-order valence-electron chi connectivity index (χ4n) is 3.05. The van der Waals surface area contributed by atoms with Gasteiger partial charge in [-0.05, 0) is 18.2 Å². The molecule has 0 unspecified atom stereocenters. The number of hydrogen-bond donors (Lipinski definition) is 0. The molecule has 3 aromatic rings. The molecule has 0 bridgehead atoms. The molecule has 0 radical (unpaired) electrons. The number of imidazole rings is 1. The summed E-state index contributed by atoms with van der Waals surface area (Å²) in [5.74, 6) is 0.940. The number of rotatable bonds is 5. The average Bonchev–Trinajstić information content (AvgIpc) is 3.24. The van der Waals surface area contributed by atoms with E-state index in [9.17, 15) is 0 Å². The zero-order valence-corrected chi connectivity index (χ0v) is 13.5. The summed E-state index contributed by atoms with van der Waals surface area (Å²) < 4.78 is 13.4. The molecule has 0 spiro atoms. The number of aryl methyl sites for hydroxylation is 1. The van der Waals surface area contributed by atoms with Gasteiger partial charge in [-0.3, -0.25) is 4.90 Å². The summed E-state index contributed by atoms with van der Waals surface area (Å²) in [6.07, 6.45) is 7.82. The van der Waals surface area contributed by atoms with E-state index in [1.165, 1.54) is 5.69 Å². The SMILES string of the molecule is Cn1cnc2c1C[C@@H](COc1ncccn1)N(Cc1ccco1)C2. The summed E-state index contributed by atoms with van der Waals surface area (Å²) in [6, 6.07) is 6.30. The van der Waals surface area contributed by atoms with Gasteiger partial charge in [0.25, 0.3) is 0 Å². The van der Waals surface area contributed by atoms with Gasteiger partial charge in [0.2, 0.25) is 0 Å². The van der Waals surface area contributed by atoms with Crippen molar-refractivity contribution in [2.75, 3.05) is 6.61 Å². The lowest BCUT2D eigenvalue weighted by Crippen LogP contribution is -2.44. The monoisotopic (exact) mass is 325 g/mol. The molecule has 1 aliphatic heterocycles. The van der Waals surface area contributed by atoms with Crippen LogP contribution in [0.4, 0.5) is 0 Å². The van der Waals surface area contributed by atoms with E-state index in [-0.39, 0.29) is 6.04 Å². The van der Waals surface area contributed by atoms with Crippen LogP contribution in [0, 0.1) is 0 Å². The third-order valence-corrected chi connectivity index (χ3v) is 4.33. The minimum Gasteiger partial charge on any atom is -0.468 e. The highest BCUT2D eigenvalue weighted by atomic mass is 16.5. The maximum Gasteiger partial charge on any atom is 0.316 e. The van der Waals surface area contributed by atoms with E-state index in [0.29, 0.717) is 12.6 Å². The number of fused-ring (bicyclic) bond motifs is 1. The molecule has 4 rings (SSSR count). The highest BCUT2D eigenvalue weighted by Crippen LogP contribution is 2.24. The van der Waals surface area contributed by atoms with Crippen LogP contribution in [0.5, 0.6) is 6.01 Å². The first-order valence-corrected chi connectivity index (χ1v) is 7.95. The zero-order chi connectivity index (χ0) is 16.4. The van der Waals surface area contributed by atoms with Gasteiger partial charge >= 0.3 is 6.01 Å². The number of aromatic nitrogens is 4. The van der Waals surface area contributed by atoms with Gasteiger partial charge in [-0.2, -0.15) is 0 Å². The number of hydrogen-bond acceptors (Lipinski definition) is 6. The Morgan fingerprint density at radius 3 is 2.92 bits per heavy atom. The lowest BCUT2D eigenvalue weighted by Gasteiger charge is -2.34. The molecule has 124 valence electrons. The first-order valence-electron chi connectivity index (χ1n) is 7.95. The van der Waals surface area contributed by atoms with E-state index >= 15 is 0 Å². The Kier molecular flexibility index (Phi) is 4.00. The van der Waals surface area contributed by atoms with E-state index in [2.05, 4.69) is 24.4 Å². The summed E-state index contributed by atoms with van der Waals surface area (Å²) >= 11 is 0. The summed E-state index contributed by atoms with van der Waals surface area (Å²) in [5, 5.41) is 0. The fourth-order valence-corrected chi connectivity index (χ4v) is 3.05. The second-order valence-electron chi connectivity index (χ2n) is 5.93. The van der Waals surface area contributed by atoms with Crippen LogP contribution < -0.4 is 4.74 Å². The molecule has 0 amide bonds. The molecular formula is C17H19N5O2. The Balaban J connectivity index is 1.52. The fraction of sp³-hybridized carbons (Fsp3) is 0.353. The molecule has 4 heterocycles. The van der Waals surface area contributed by atoms with Crippen LogP contribution in [0.1, 0.15) is 17.1 Å². The van der Waals surface area contributed by atoms with Gasteiger partial charge < -0.3 is 13.7 Å². The van der Waals surface area contributed by atoms with Gasteiger partial charge in [0.15, 0.2) is 0 Å². The molecule has 3 aromatic heterocycles. The molecule has 24 heavy (non-hydrogen) atoms. The molecule has 0 fully saturated rings. The van der Waals surface area contributed by atoms with Crippen LogP contribution in [0.15, 0.2) is 47.6 Å². The van der Waals surface area contributed by atoms with Crippen molar-refractivity contribution < 1.29 is 9.15 Å². The molecule has 0 saturated carbocycles. The van der Waals surface area contributed by atoms with Gasteiger partial charge in [-0.15, -0.1) is 0 Å². The first-order chi connectivity index (χ1) is 11.8. The molecule has 0 N–H and O–H groups in total. The Bertz CT molecular complexity index is 785. The molecule has 1 atom stereocenters. The maximum atomic E-state index is 5.80. The summed E-state index contributed by atoms with van der Waals surface area (Å²) in [5.41, 5.74) is 2.38. The summed E-state index contributed by atoms with van der Waals surface area (Å²) in [4.78, 5) is 15.1. The number of furan rings is 1. The van der Waals surface area contributed by atoms with Gasteiger partial charge in [-0.1, -0.05) is 0 Å². The van der Waals surface area contributed by atoms with Crippen molar-refractivity contribution in [2.45, 2.75) is 25.6 Å².